The molecule has 16 heavy (non-hydrogen) atoms. The van der Waals surface area contributed by atoms with E-state index in [0.29, 0.717) is 12.5 Å². The minimum atomic E-state index is 0.239. The number of hydrogen-bond donors (Lipinski definition) is 0. The van der Waals surface area contributed by atoms with E-state index in [1.165, 1.54) is 0 Å². The molecule has 1 aliphatic rings. The predicted molar refractivity (Wildman–Crippen MR) is 63.7 cm³/mol. The Morgan fingerprint density at radius 3 is 2.88 bits per heavy atom. The Hall–Kier alpha value is -1.90. The standard InChI is InChI=1S/C13H12N2O/c1-9-8-16-13(14-9)12-7-6-10-4-2-3-5-11(10)15-12/h2-7,9H,8H2,1H3. The smallest absolute Gasteiger partial charge is 0.235 e. The summed E-state index contributed by atoms with van der Waals surface area (Å²) in [6, 6.07) is 12.3. The Balaban J connectivity index is 2.09. The number of pyridine rings is 1. The van der Waals surface area contributed by atoms with Gasteiger partial charge in [-0.3, -0.25) is 0 Å². The first-order valence-electron chi connectivity index (χ1n) is 5.40. The molecule has 0 N–H and O–H groups in total. The quantitative estimate of drug-likeness (QED) is 0.727. The molecule has 1 aromatic carbocycles. The molecule has 2 heterocycles. The number of benzene rings is 1. The molecule has 0 saturated heterocycles. The van der Waals surface area contributed by atoms with Gasteiger partial charge in [-0.1, -0.05) is 24.3 Å². The fraction of sp³-hybridized carbons (Fsp3) is 0.231. The molecule has 0 fully saturated rings. The van der Waals surface area contributed by atoms with Gasteiger partial charge in [-0.2, -0.15) is 0 Å². The van der Waals surface area contributed by atoms with Crippen LogP contribution in [0.3, 0.4) is 0 Å². The van der Waals surface area contributed by atoms with Crippen LogP contribution in [-0.4, -0.2) is 23.5 Å². The van der Waals surface area contributed by atoms with Crippen LogP contribution in [0.2, 0.25) is 0 Å². The molecule has 0 aliphatic carbocycles. The second kappa shape index (κ2) is 3.59. The van der Waals surface area contributed by atoms with E-state index < -0.39 is 0 Å². The van der Waals surface area contributed by atoms with Crippen LogP contribution in [0, 0.1) is 0 Å². The van der Waals surface area contributed by atoms with E-state index in [0.717, 1.165) is 16.6 Å². The van der Waals surface area contributed by atoms with Gasteiger partial charge in [0.15, 0.2) is 0 Å². The van der Waals surface area contributed by atoms with Gasteiger partial charge in [0, 0.05) is 5.39 Å². The number of para-hydroxylation sites is 1. The van der Waals surface area contributed by atoms with Crippen molar-refractivity contribution in [1.82, 2.24) is 4.98 Å². The number of hydrogen-bond acceptors (Lipinski definition) is 3. The molecule has 1 unspecified atom stereocenters. The van der Waals surface area contributed by atoms with Crippen molar-refractivity contribution in [2.24, 2.45) is 4.99 Å². The number of aromatic nitrogens is 1. The van der Waals surface area contributed by atoms with E-state index in [9.17, 15) is 0 Å². The van der Waals surface area contributed by atoms with Crippen LogP contribution < -0.4 is 0 Å². The summed E-state index contributed by atoms with van der Waals surface area (Å²) in [4.78, 5) is 8.93. The number of nitrogens with zero attached hydrogens (tertiary/aromatic N) is 2. The zero-order valence-corrected chi connectivity index (χ0v) is 9.05. The minimum Gasteiger partial charge on any atom is -0.474 e. The summed E-state index contributed by atoms with van der Waals surface area (Å²) in [6.45, 7) is 2.69. The monoisotopic (exact) mass is 212 g/mol. The molecule has 1 atom stereocenters. The fourth-order valence-corrected chi connectivity index (χ4v) is 1.80. The highest BCUT2D eigenvalue weighted by atomic mass is 16.5. The van der Waals surface area contributed by atoms with Crippen molar-refractivity contribution in [1.29, 1.82) is 0 Å². The van der Waals surface area contributed by atoms with Gasteiger partial charge in [0.1, 0.15) is 12.3 Å². The topological polar surface area (TPSA) is 34.5 Å². The lowest BCUT2D eigenvalue weighted by Crippen LogP contribution is -2.04. The summed E-state index contributed by atoms with van der Waals surface area (Å²) in [5, 5.41) is 1.14. The fourth-order valence-electron chi connectivity index (χ4n) is 1.80. The number of aliphatic imine (C=N–C) groups is 1. The molecule has 0 radical (unpaired) electrons. The molecule has 80 valence electrons. The molecular formula is C13H12N2O. The van der Waals surface area contributed by atoms with E-state index in [-0.39, 0.29) is 6.04 Å². The molecular weight excluding hydrogens is 200 g/mol. The predicted octanol–water partition coefficient (Wildman–Crippen LogP) is 2.40. The van der Waals surface area contributed by atoms with Crippen molar-refractivity contribution in [3.05, 3.63) is 42.1 Å². The summed E-state index contributed by atoms with van der Waals surface area (Å²) in [7, 11) is 0. The second-order valence-corrected chi connectivity index (χ2v) is 3.98. The Morgan fingerprint density at radius 2 is 2.06 bits per heavy atom. The van der Waals surface area contributed by atoms with Crippen LogP contribution in [0.5, 0.6) is 0 Å². The molecule has 2 aromatic rings. The zero-order valence-electron chi connectivity index (χ0n) is 9.05. The third-order valence-electron chi connectivity index (χ3n) is 2.62. The van der Waals surface area contributed by atoms with Crippen molar-refractivity contribution >= 4 is 16.8 Å². The maximum absolute atomic E-state index is 5.49. The van der Waals surface area contributed by atoms with Crippen LogP contribution in [0.25, 0.3) is 10.9 Å². The third kappa shape index (κ3) is 1.54. The summed E-state index contributed by atoms with van der Waals surface area (Å²) >= 11 is 0. The van der Waals surface area contributed by atoms with Crippen molar-refractivity contribution in [3.8, 4) is 0 Å². The van der Waals surface area contributed by atoms with E-state index in [2.05, 4.69) is 9.98 Å². The van der Waals surface area contributed by atoms with Gasteiger partial charge in [0.2, 0.25) is 5.90 Å². The summed E-state index contributed by atoms with van der Waals surface area (Å²) in [6.07, 6.45) is 0. The minimum absolute atomic E-state index is 0.239. The summed E-state index contributed by atoms with van der Waals surface area (Å²) in [5.74, 6) is 0.665. The Labute approximate surface area is 93.8 Å². The van der Waals surface area contributed by atoms with Crippen molar-refractivity contribution in [2.45, 2.75) is 13.0 Å². The van der Waals surface area contributed by atoms with Crippen molar-refractivity contribution in [2.75, 3.05) is 6.61 Å². The van der Waals surface area contributed by atoms with Gasteiger partial charge in [-0.15, -0.1) is 0 Å². The molecule has 0 saturated carbocycles. The van der Waals surface area contributed by atoms with Gasteiger partial charge in [0.05, 0.1) is 11.6 Å². The first-order valence-corrected chi connectivity index (χ1v) is 5.40. The zero-order chi connectivity index (χ0) is 11.0. The molecule has 3 heteroatoms. The van der Waals surface area contributed by atoms with Gasteiger partial charge < -0.3 is 4.74 Å². The highest BCUT2D eigenvalue weighted by Gasteiger charge is 2.17. The Morgan fingerprint density at radius 1 is 1.19 bits per heavy atom. The van der Waals surface area contributed by atoms with E-state index in [4.69, 9.17) is 4.74 Å². The molecule has 1 aromatic heterocycles. The average Bonchev–Trinajstić information content (AvgIpc) is 2.75. The van der Waals surface area contributed by atoms with E-state index >= 15 is 0 Å². The van der Waals surface area contributed by atoms with Crippen LogP contribution in [0.1, 0.15) is 12.6 Å². The van der Waals surface area contributed by atoms with Crippen LogP contribution in [0.4, 0.5) is 0 Å². The second-order valence-electron chi connectivity index (χ2n) is 3.98. The lowest BCUT2D eigenvalue weighted by Gasteiger charge is -2.02. The highest BCUT2D eigenvalue weighted by molar-refractivity contribution is 5.95. The van der Waals surface area contributed by atoms with E-state index in [1.54, 1.807) is 0 Å². The van der Waals surface area contributed by atoms with Crippen LogP contribution in [0.15, 0.2) is 41.4 Å². The maximum Gasteiger partial charge on any atom is 0.235 e. The number of ether oxygens (including phenoxy) is 1. The van der Waals surface area contributed by atoms with Crippen LogP contribution in [-0.2, 0) is 4.74 Å². The summed E-state index contributed by atoms with van der Waals surface area (Å²) in [5.41, 5.74) is 1.80. The first-order chi connectivity index (χ1) is 7.83. The molecule has 3 nitrogen and oxygen atoms in total. The van der Waals surface area contributed by atoms with Gasteiger partial charge in [0.25, 0.3) is 0 Å². The SMILES string of the molecule is CC1COC(c2ccc3ccccc3n2)=N1. The average molecular weight is 212 g/mol. The van der Waals surface area contributed by atoms with Crippen molar-refractivity contribution in [3.63, 3.8) is 0 Å². The van der Waals surface area contributed by atoms with Gasteiger partial charge in [-0.05, 0) is 19.1 Å². The maximum atomic E-state index is 5.49. The third-order valence-corrected chi connectivity index (χ3v) is 2.62. The number of fused-ring (bicyclic) bond motifs is 1. The lowest BCUT2D eigenvalue weighted by atomic mass is 10.2. The summed E-state index contributed by atoms with van der Waals surface area (Å²) < 4.78 is 5.49. The molecule has 0 bridgehead atoms. The molecule has 0 amide bonds. The largest absolute Gasteiger partial charge is 0.474 e. The normalized spacial score (nSPS) is 19.6. The lowest BCUT2D eigenvalue weighted by molar-refractivity contribution is 0.323. The molecule has 0 spiro atoms. The first kappa shape index (κ1) is 9.33. The van der Waals surface area contributed by atoms with Crippen LogP contribution >= 0.6 is 0 Å². The Bertz CT molecular complexity index is 563. The van der Waals surface area contributed by atoms with Gasteiger partial charge in [-0.25, -0.2) is 9.98 Å². The number of rotatable bonds is 1. The highest BCUT2D eigenvalue weighted by Crippen LogP contribution is 2.15. The molecule has 3 rings (SSSR count). The van der Waals surface area contributed by atoms with Gasteiger partial charge >= 0.3 is 0 Å². The van der Waals surface area contributed by atoms with Crippen molar-refractivity contribution < 1.29 is 4.74 Å². The molecule has 1 aliphatic heterocycles. The Kier molecular flexibility index (Phi) is 2.10. The van der Waals surface area contributed by atoms with E-state index in [1.807, 2.05) is 43.3 Å².